The van der Waals surface area contributed by atoms with Crippen molar-refractivity contribution in [3.63, 3.8) is 0 Å². The van der Waals surface area contributed by atoms with E-state index in [0.29, 0.717) is 22.7 Å². The van der Waals surface area contributed by atoms with Crippen LogP contribution in [0.1, 0.15) is 48.1 Å². The number of benzene rings is 3. The Balaban J connectivity index is 1.57. The second-order valence-corrected chi connectivity index (χ2v) is 11.0. The number of nitrogens with zero attached hydrogens (tertiary/aromatic N) is 1. The molecule has 0 radical (unpaired) electrons. The molecule has 0 aliphatic rings. The van der Waals surface area contributed by atoms with Gasteiger partial charge in [0.1, 0.15) is 16.3 Å². The van der Waals surface area contributed by atoms with E-state index in [1.54, 1.807) is 0 Å². The van der Waals surface area contributed by atoms with Gasteiger partial charge in [-0.05, 0) is 42.7 Å². The van der Waals surface area contributed by atoms with Gasteiger partial charge in [-0.3, -0.25) is 9.59 Å². The summed E-state index contributed by atoms with van der Waals surface area (Å²) in [5, 5.41) is 17.8. The van der Waals surface area contributed by atoms with Crippen LogP contribution in [0.3, 0.4) is 0 Å². The van der Waals surface area contributed by atoms with Crippen molar-refractivity contribution in [3.8, 4) is 17.2 Å². The summed E-state index contributed by atoms with van der Waals surface area (Å²) in [6, 6.07) is 27.4. The number of hydrogen-bond acceptors (Lipinski definition) is 5. The number of amides is 2. The Hall–Kier alpha value is -3.86. The van der Waals surface area contributed by atoms with E-state index >= 15 is 0 Å². The summed E-state index contributed by atoms with van der Waals surface area (Å²) in [6.45, 7) is 4.07. The second-order valence-electron chi connectivity index (χ2n) is 8.91. The van der Waals surface area contributed by atoms with Crippen molar-refractivity contribution in [3.05, 3.63) is 101 Å². The quantitative estimate of drug-likeness (QED) is 0.199. The van der Waals surface area contributed by atoms with E-state index in [9.17, 15) is 14.9 Å². The Morgan fingerprint density at radius 2 is 1.76 bits per heavy atom. The SMILES string of the molecule is CCCCC(=O)Nc1cccc(SC(C(=O)Nc2scc(-c3ccc(C)cc3)c2C#N)c2ccccc2)c1. The van der Waals surface area contributed by atoms with Gasteiger partial charge in [0, 0.05) is 27.9 Å². The van der Waals surface area contributed by atoms with Crippen molar-refractivity contribution < 1.29 is 9.59 Å². The number of carbonyl (C=O) groups excluding carboxylic acids is 2. The fraction of sp³-hybridized carbons (Fsp3) is 0.194. The van der Waals surface area contributed by atoms with E-state index in [2.05, 4.69) is 23.6 Å². The van der Waals surface area contributed by atoms with Gasteiger partial charge in [0.05, 0.1) is 5.56 Å². The average Bonchev–Trinajstić information content (AvgIpc) is 3.33. The molecule has 0 aliphatic carbocycles. The van der Waals surface area contributed by atoms with E-state index in [4.69, 9.17) is 0 Å². The maximum Gasteiger partial charge on any atom is 0.243 e. The minimum absolute atomic E-state index is 0.0162. The first-order chi connectivity index (χ1) is 18.5. The molecule has 0 aliphatic heterocycles. The van der Waals surface area contributed by atoms with Crippen molar-refractivity contribution in [1.29, 1.82) is 5.26 Å². The number of nitrogens with one attached hydrogen (secondary N) is 2. The fourth-order valence-corrected chi connectivity index (χ4v) is 5.93. The molecule has 1 atom stereocenters. The van der Waals surface area contributed by atoms with E-state index in [1.165, 1.54) is 23.1 Å². The largest absolute Gasteiger partial charge is 0.326 e. The van der Waals surface area contributed by atoms with Crippen LogP contribution in [0.15, 0.2) is 89.1 Å². The molecular formula is C31H29N3O2S2. The number of thiophene rings is 1. The van der Waals surface area contributed by atoms with E-state index in [-0.39, 0.29) is 11.8 Å². The molecule has 0 spiro atoms. The lowest BCUT2D eigenvalue weighted by Gasteiger charge is -2.17. The Labute approximate surface area is 231 Å². The summed E-state index contributed by atoms with van der Waals surface area (Å²) >= 11 is 2.76. The first-order valence-electron chi connectivity index (χ1n) is 12.5. The molecule has 4 rings (SSSR count). The predicted octanol–water partition coefficient (Wildman–Crippen LogP) is 8.20. The molecule has 2 N–H and O–H groups in total. The van der Waals surface area contributed by atoms with Crippen LogP contribution in [-0.4, -0.2) is 11.8 Å². The Morgan fingerprint density at radius 3 is 2.47 bits per heavy atom. The third kappa shape index (κ3) is 6.91. The molecule has 1 unspecified atom stereocenters. The van der Waals surface area contributed by atoms with Gasteiger partial charge < -0.3 is 10.6 Å². The summed E-state index contributed by atoms with van der Waals surface area (Å²) in [5.41, 5.74) is 4.90. The molecule has 38 heavy (non-hydrogen) atoms. The summed E-state index contributed by atoms with van der Waals surface area (Å²) in [4.78, 5) is 26.7. The lowest BCUT2D eigenvalue weighted by molar-refractivity contribution is -0.116. The van der Waals surface area contributed by atoms with Gasteiger partial charge in [0.2, 0.25) is 11.8 Å². The van der Waals surface area contributed by atoms with Gasteiger partial charge in [0.15, 0.2) is 0 Å². The third-order valence-corrected chi connectivity index (χ3v) is 8.12. The van der Waals surface area contributed by atoms with Crippen LogP contribution in [0.2, 0.25) is 0 Å². The number of nitriles is 1. The molecule has 1 aromatic heterocycles. The van der Waals surface area contributed by atoms with Crippen LogP contribution < -0.4 is 10.6 Å². The molecule has 1 heterocycles. The number of anilines is 2. The smallest absolute Gasteiger partial charge is 0.243 e. The minimum Gasteiger partial charge on any atom is -0.326 e. The lowest BCUT2D eigenvalue weighted by atomic mass is 10.0. The zero-order valence-electron chi connectivity index (χ0n) is 21.4. The van der Waals surface area contributed by atoms with Gasteiger partial charge in [-0.2, -0.15) is 5.26 Å². The number of hydrogen-bond donors (Lipinski definition) is 2. The maximum absolute atomic E-state index is 13.7. The molecule has 0 fully saturated rings. The van der Waals surface area contributed by atoms with Crippen LogP contribution in [0.25, 0.3) is 11.1 Å². The average molecular weight is 540 g/mol. The highest BCUT2D eigenvalue weighted by atomic mass is 32.2. The third-order valence-electron chi connectivity index (χ3n) is 5.97. The highest BCUT2D eigenvalue weighted by Gasteiger charge is 2.25. The van der Waals surface area contributed by atoms with E-state index in [0.717, 1.165) is 40.0 Å². The van der Waals surface area contributed by atoms with E-state index in [1.807, 2.05) is 91.2 Å². The summed E-state index contributed by atoms with van der Waals surface area (Å²) < 4.78 is 0. The Morgan fingerprint density at radius 1 is 1.00 bits per heavy atom. The molecule has 0 bridgehead atoms. The van der Waals surface area contributed by atoms with Crippen LogP contribution >= 0.6 is 23.1 Å². The Kier molecular flexibility index (Phi) is 9.36. The van der Waals surface area contributed by atoms with Crippen LogP contribution in [-0.2, 0) is 9.59 Å². The molecule has 7 heteroatoms. The molecule has 0 saturated heterocycles. The van der Waals surface area contributed by atoms with Crippen molar-refractivity contribution in [2.45, 2.75) is 43.3 Å². The molecule has 0 saturated carbocycles. The Bertz CT molecular complexity index is 1440. The molecular weight excluding hydrogens is 510 g/mol. The number of carbonyl (C=O) groups is 2. The molecule has 4 aromatic rings. The normalized spacial score (nSPS) is 11.4. The van der Waals surface area contributed by atoms with Crippen molar-refractivity contribution >= 4 is 45.6 Å². The monoisotopic (exact) mass is 539 g/mol. The minimum atomic E-state index is -0.557. The highest BCUT2D eigenvalue weighted by Crippen LogP contribution is 2.40. The van der Waals surface area contributed by atoms with Gasteiger partial charge in [-0.15, -0.1) is 23.1 Å². The van der Waals surface area contributed by atoms with Gasteiger partial charge in [0.25, 0.3) is 0 Å². The first kappa shape index (κ1) is 27.2. The van der Waals surface area contributed by atoms with Crippen molar-refractivity contribution in [2.75, 3.05) is 10.6 Å². The highest BCUT2D eigenvalue weighted by molar-refractivity contribution is 8.00. The van der Waals surface area contributed by atoms with Gasteiger partial charge >= 0.3 is 0 Å². The standard InChI is InChI=1S/C31H29N3O2S2/c1-3-4-13-28(35)33-24-11-8-12-25(18-24)38-29(23-9-6-5-7-10-23)30(36)34-31-26(19-32)27(20-37-31)22-16-14-21(2)15-17-22/h5-12,14-18,20,29H,3-4,13H2,1-2H3,(H,33,35)(H,34,36). The van der Waals surface area contributed by atoms with Crippen LogP contribution in [0.5, 0.6) is 0 Å². The first-order valence-corrected chi connectivity index (χ1v) is 14.3. The number of unbranched alkanes of at least 4 members (excludes halogenated alkanes) is 1. The predicted molar refractivity (Wildman–Crippen MR) is 157 cm³/mol. The van der Waals surface area contributed by atoms with Gasteiger partial charge in [-0.25, -0.2) is 0 Å². The lowest BCUT2D eigenvalue weighted by Crippen LogP contribution is -2.19. The van der Waals surface area contributed by atoms with Crippen molar-refractivity contribution in [1.82, 2.24) is 0 Å². The fourth-order valence-electron chi connectivity index (χ4n) is 3.93. The zero-order chi connectivity index (χ0) is 26.9. The van der Waals surface area contributed by atoms with E-state index < -0.39 is 5.25 Å². The van der Waals surface area contributed by atoms with Crippen molar-refractivity contribution in [2.24, 2.45) is 0 Å². The molecule has 5 nitrogen and oxygen atoms in total. The number of rotatable bonds is 10. The zero-order valence-corrected chi connectivity index (χ0v) is 23.0. The number of aryl methyl sites for hydroxylation is 1. The maximum atomic E-state index is 13.7. The number of thioether (sulfide) groups is 1. The topological polar surface area (TPSA) is 82.0 Å². The van der Waals surface area contributed by atoms with Gasteiger partial charge in [-0.1, -0.05) is 79.6 Å². The van der Waals surface area contributed by atoms with Crippen LogP contribution in [0, 0.1) is 18.3 Å². The second kappa shape index (κ2) is 13.1. The molecule has 2 amide bonds. The summed E-state index contributed by atoms with van der Waals surface area (Å²) in [5.74, 6) is -0.232. The molecule has 192 valence electrons. The van der Waals surface area contributed by atoms with Crippen LogP contribution in [0.4, 0.5) is 10.7 Å². The summed E-state index contributed by atoms with van der Waals surface area (Å²) in [6.07, 6.45) is 2.28. The summed E-state index contributed by atoms with van der Waals surface area (Å²) in [7, 11) is 0. The molecule has 3 aromatic carbocycles.